The van der Waals surface area contributed by atoms with E-state index in [0.717, 1.165) is 27.6 Å². The third kappa shape index (κ3) is 2.91. The second-order valence-corrected chi connectivity index (χ2v) is 6.81. The Labute approximate surface area is 167 Å². The van der Waals surface area contributed by atoms with Gasteiger partial charge in [0, 0.05) is 42.1 Å². The summed E-state index contributed by atoms with van der Waals surface area (Å²) in [7, 11) is 2.01. The zero-order valence-corrected chi connectivity index (χ0v) is 15.7. The van der Waals surface area contributed by atoms with Gasteiger partial charge in [-0.2, -0.15) is 5.10 Å². The molecule has 0 saturated carbocycles. The van der Waals surface area contributed by atoms with E-state index in [0.29, 0.717) is 17.0 Å². The number of hydrogen-bond acceptors (Lipinski definition) is 4. The van der Waals surface area contributed by atoms with E-state index >= 15 is 0 Å². The van der Waals surface area contributed by atoms with Gasteiger partial charge in [0.25, 0.3) is 5.91 Å². The minimum absolute atomic E-state index is 0.250. The van der Waals surface area contributed by atoms with Crippen molar-refractivity contribution in [3.63, 3.8) is 0 Å². The highest BCUT2D eigenvalue weighted by atomic mass is 16.2. The SMILES string of the molecule is Cn1cc(C=C2C(=O)NN=C2c2cnccn2)c2c(-c3ccccc3)cccc21. The number of rotatable bonds is 3. The summed E-state index contributed by atoms with van der Waals surface area (Å²) in [4.78, 5) is 20.9. The van der Waals surface area contributed by atoms with Gasteiger partial charge < -0.3 is 4.57 Å². The summed E-state index contributed by atoms with van der Waals surface area (Å²) in [6.07, 6.45) is 8.69. The van der Waals surface area contributed by atoms with Gasteiger partial charge in [-0.3, -0.25) is 14.8 Å². The van der Waals surface area contributed by atoms with Crippen molar-refractivity contribution >= 4 is 28.6 Å². The fourth-order valence-electron chi connectivity index (χ4n) is 3.69. The molecule has 2 aromatic carbocycles. The van der Waals surface area contributed by atoms with E-state index in [1.165, 1.54) is 0 Å². The van der Waals surface area contributed by atoms with Crippen molar-refractivity contribution < 1.29 is 4.79 Å². The van der Waals surface area contributed by atoms with Crippen molar-refractivity contribution in [1.29, 1.82) is 0 Å². The largest absolute Gasteiger partial charge is 0.350 e. The third-order valence-corrected chi connectivity index (χ3v) is 5.00. The van der Waals surface area contributed by atoms with E-state index in [1.807, 2.05) is 37.5 Å². The first-order valence-corrected chi connectivity index (χ1v) is 9.22. The molecule has 5 rings (SSSR count). The fraction of sp³-hybridized carbons (Fsp3) is 0.0435. The monoisotopic (exact) mass is 379 g/mol. The number of aromatic nitrogens is 3. The van der Waals surface area contributed by atoms with Crippen LogP contribution in [0.15, 0.2) is 84.0 Å². The quantitative estimate of drug-likeness (QED) is 0.553. The zero-order valence-electron chi connectivity index (χ0n) is 15.7. The fourth-order valence-corrected chi connectivity index (χ4v) is 3.69. The molecule has 4 aromatic rings. The average Bonchev–Trinajstić information content (AvgIpc) is 3.29. The lowest BCUT2D eigenvalue weighted by molar-refractivity contribution is -0.116. The van der Waals surface area contributed by atoms with Crippen molar-refractivity contribution in [3.8, 4) is 11.1 Å². The number of nitrogens with one attached hydrogen (secondary N) is 1. The molecular weight excluding hydrogens is 362 g/mol. The predicted octanol–water partition coefficient (Wildman–Crippen LogP) is 3.55. The van der Waals surface area contributed by atoms with Crippen LogP contribution in [-0.2, 0) is 11.8 Å². The van der Waals surface area contributed by atoms with E-state index in [9.17, 15) is 4.79 Å². The normalized spacial score (nSPS) is 15.0. The Hall–Kier alpha value is -4.06. The molecule has 1 aliphatic heterocycles. The van der Waals surface area contributed by atoms with Crippen LogP contribution in [-0.4, -0.2) is 26.2 Å². The van der Waals surface area contributed by atoms with Crippen LogP contribution in [0.1, 0.15) is 11.3 Å². The Kier molecular flexibility index (Phi) is 4.02. The maximum Gasteiger partial charge on any atom is 0.273 e. The molecule has 0 radical (unpaired) electrons. The van der Waals surface area contributed by atoms with E-state index in [-0.39, 0.29) is 5.91 Å². The van der Waals surface area contributed by atoms with Crippen LogP contribution < -0.4 is 5.43 Å². The van der Waals surface area contributed by atoms with Gasteiger partial charge >= 0.3 is 0 Å². The summed E-state index contributed by atoms with van der Waals surface area (Å²) in [6.45, 7) is 0. The molecule has 1 aliphatic rings. The minimum atomic E-state index is -0.250. The van der Waals surface area contributed by atoms with Gasteiger partial charge in [0.1, 0.15) is 11.4 Å². The first kappa shape index (κ1) is 17.1. The highest BCUT2D eigenvalue weighted by molar-refractivity contribution is 6.33. The molecule has 3 heterocycles. The molecule has 1 amide bonds. The standard InChI is InChI=1S/C23H17N5O/c1-28-14-16(12-18-22(26-27-23(18)29)19-13-24-10-11-25-19)21-17(8-5-9-20(21)28)15-6-3-2-4-7-15/h2-14H,1H3,(H,27,29). The second kappa shape index (κ2) is 6.83. The van der Waals surface area contributed by atoms with E-state index in [4.69, 9.17) is 0 Å². The summed E-state index contributed by atoms with van der Waals surface area (Å²) in [6, 6.07) is 16.5. The molecule has 0 unspecified atom stereocenters. The lowest BCUT2D eigenvalue weighted by atomic mass is 9.97. The molecule has 1 N–H and O–H groups in total. The molecule has 140 valence electrons. The van der Waals surface area contributed by atoms with Crippen LogP contribution in [0.4, 0.5) is 0 Å². The highest BCUT2D eigenvalue weighted by Gasteiger charge is 2.26. The maximum absolute atomic E-state index is 12.5. The number of hydrogen-bond donors (Lipinski definition) is 1. The molecule has 6 heteroatoms. The third-order valence-electron chi connectivity index (χ3n) is 5.00. The summed E-state index contributed by atoms with van der Waals surface area (Å²) in [5, 5.41) is 5.26. The predicted molar refractivity (Wildman–Crippen MR) is 113 cm³/mol. The summed E-state index contributed by atoms with van der Waals surface area (Å²) in [5.41, 5.74) is 8.36. The highest BCUT2D eigenvalue weighted by Crippen LogP contribution is 2.33. The van der Waals surface area contributed by atoms with Gasteiger partial charge in [0.2, 0.25) is 0 Å². The van der Waals surface area contributed by atoms with Gasteiger partial charge in [0.15, 0.2) is 0 Å². The van der Waals surface area contributed by atoms with Gasteiger partial charge in [-0.15, -0.1) is 0 Å². The van der Waals surface area contributed by atoms with Crippen LogP contribution in [0.3, 0.4) is 0 Å². The Bertz CT molecular complexity index is 1290. The van der Waals surface area contributed by atoms with Crippen molar-refractivity contribution in [1.82, 2.24) is 20.0 Å². The molecule has 0 atom stereocenters. The Balaban J connectivity index is 1.72. The van der Waals surface area contributed by atoms with Crippen molar-refractivity contribution in [2.75, 3.05) is 0 Å². The van der Waals surface area contributed by atoms with Gasteiger partial charge in [-0.1, -0.05) is 42.5 Å². The Morgan fingerprint density at radius 3 is 2.69 bits per heavy atom. The van der Waals surface area contributed by atoms with E-state index in [2.05, 4.69) is 55.4 Å². The average molecular weight is 379 g/mol. The number of aryl methyl sites for hydroxylation is 1. The molecule has 0 aliphatic carbocycles. The number of carbonyl (C=O) groups is 1. The van der Waals surface area contributed by atoms with Crippen molar-refractivity contribution in [3.05, 3.63) is 90.1 Å². The molecule has 0 bridgehead atoms. The van der Waals surface area contributed by atoms with Crippen LogP contribution in [0.5, 0.6) is 0 Å². The summed E-state index contributed by atoms with van der Waals surface area (Å²) in [5.74, 6) is -0.250. The molecule has 0 saturated heterocycles. The topological polar surface area (TPSA) is 72.2 Å². The first-order valence-electron chi connectivity index (χ1n) is 9.22. The number of carbonyl (C=O) groups excluding carboxylic acids is 1. The number of benzene rings is 2. The smallest absolute Gasteiger partial charge is 0.273 e. The van der Waals surface area contributed by atoms with Crippen molar-refractivity contribution in [2.24, 2.45) is 12.1 Å². The lowest BCUT2D eigenvalue weighted by Gasteiger charge is -2.06. The first-order chi connectivity index (χ1) is 14.2. The van der Waals surface area contributed by atoms with E-state index in [1.54, 1.807) is 18.6 Å². The Morgan fingerprint density at radius 2 is 1.90 bits per heavy atom. The molecule has 0 fully saturated rings. The molecule has 6 nitrogen and oxygen atoms in total. The van der Waals surface area contributed by atoms with Gasteiger partial charge in [0.05, 0.1) is 11.8 Å². The minimum Gasteiger partial charge on any atom is -0.350 e. The summed E-state index contributed by atoms with van der Waals surface area (Å²) < 4.78 is 2.07. The van der Waals surface area contributed by atoms with Crippen LogP contribution in [0, 0.1) is 0 Å². The summed E-state index contributed by atoms with van der Waals surface area (Å²) >= 11 is 0. The molecule has 29 heavy (non-hydrogen) atoms. The van der Waals surface area contributed by atoms with Crippen LogP contribution in [0.25, 0.3) is 28.1 Å². The molecule has 0 spiro atoms. The van der Waals surface area contributed by atoms with Gasteiger partial charge in [-0.25, -0.2) is 5.43 Å². The lowest BCUT2D eigenvalue weighted by Crippen LogP contribution is -2.14. The maximum atomic E-state index is 12.5. The Morgan fingerprint density at radius 1 is 1.03 bits per heavy atom. The molecular formula is C23H17N5O. The molecule has 2 aromatic heterocycles. The number of nitrogens with zero attached hydrogens (tertiary/aromatic N) is 4. The number of fused-ring (bicyclic) bond motifs is 1. The number of amides is 1. The number of hydrazone groups is 1. The van der Waals surface area contributed by atoms with E-state index < -0.39 is 0 Å². The van der Waals surface area contributed by atoms with Crippen LogP contribution >= 0.6 is 0 Å². The second-order valence-electron chi connectivity index (χ2n) is 6.81. The van der Waals surface area contributed by atoms with Gasteiger partial charge in [-0.05, 0) is 23.3 Å². The van der Waals surface area contributed by atoms with Crippen LogP contribution in [0.2, 0.25) is 0 Å². The zero-order chi connectivity index (χ0) is 19.8. The van der Waals surface area contributed by atoms with Crippen molar-refractivity contribution in [2.45, 2.75) is 0 Å².